The molecule has 0 aliphatic heterocycles. The summed E-state index contributed by atoms with van der Waals surface area (Å²) in [7, 11) is 0. The zero-order valence-corrected chi connectivity index (χ0v) is 12.3. The van der Waals surface area contributed by atoms with Crippen LogP contribution in [0.4, 0.5) is 0 Å². The van der Waals surface area contributed by atoms with Gasteiger partial charge in [0.15, 0.2) is 0 Å². The Labute approximate surface area is 120 Å². The SMILES string of the molecule is CCOc1ncccc1C(=O)NCCN(CC)C1CC1. The molecular weight excluding hydrogens is 254 g/mol. The van der Waals surface area contributed by atoms with Gasteiger partial charge in [-0.2, -0.15) is 0 Å². The molecule has 1 aliphatic carbocycles. The maximum Gasteiger partial charge on any atom is 0.256 e. The van der Waals surface area contributed by atoms with Crippen molar-refractivity contribution in [2.24, 2.45) is 0 Å². The highest BCUT2D eigenvalue weighted by Crippen LogP contribution is 2.25. The minimum atomic E-state index is -0.117. The Bertz CT molecular complexity index is 446. The molecule has 1 heterocycles. The van der Waals surface area contributed by atoms with Gasteiger partial charge in [-0.25, -0.2) is 4.98 Å². The van der Waals surface area contributed by atoms with Gasteiger partial charge in [-0.3, -0.25) is 9.69 Å². The lowest BCUT2D eigenvalue weighted by Crippen LogP contribution is -2.36. The summed E-state index contributed by atoms with van der Waals surface area (Å²) in [5, 5.41) is 2.94. The number of pyridine rings is 1. The van der Waals surface area contributed by atoms with Gasteiger partial charge in [0.1, 0.15) is 5.56 Å². The summed E-state index contributed by atoms with van der Waals surface area (Å²) < 4.78 is 5.37. The smallest absolute Gasteiger partial charge is 0.256 e. The first-order valence-corrected chi connectivity index (χ1v) is 7.36. The van der Waals surface area contributed by atoms with E-state index in [-0.39, 0.29) is 5.91 Å². The zero-order chi connectivity index (χ0) is 14.4. The molecule has 1 aromatic rings. The van der Waals surface area contributed by atoms with Crippen LogP contribution in [0, 0.1) is 0 Å². The molecule has 1 aromatic heterocycles. The average Bonchev–Trinajstić information content (AvgIpc) is 3.29. The topological polar surface area (TPSA) is 54.5 Å². The second-order valence-corrected chi connectivity index (χ2v) is 4.90. The van der Waals surface area contributed by atoms with Crippen LogP contribution in [0.2, 0.25) is 0 Å². The summed E-state index contributed by atoms with van der Waals surface area (Å²) >= 11 is 0. The van der Waals surface area contributed by atoms with E-state index >= 15 is 0 Å². The fourth-order valence-corrected chi connectivity index (χ4v) is 2.26. The summed E-state index contributed by atoms with van der Waals surface area (Å²) in [5.41, 5.74) is 0.504. The van der Waals surface area contributed by atoms with Crippen LogP contribution in [0.3, 0.4) is 0 Å². The third-order valence-electron chi connectivity index (χ3n) is 3.45. The van der Waals surface area contributed by atoms with E-state index in [1.807, 2.05) is 6.92 Å². The van der Waals surface area contributed by atoms with Gasteiger partial charge in [-0.05, 0) is 38.4 Å². The molecule has 110 valence electrons. The number of carbonyl (C=O) groups excluding carboxylic acids is 1. The molecule has 0 atom stereocenters. The lowest BCUT2D eigenvalue weighted by atomic mass is 10.2. The largest absolute Gasteiger partial charge is 0.477 e. The summed E-state index contributed by atoms with van der Waals surface area (Å²) in [6.07, 6.45) is 4.21. The van der Waals surface area contributed by atoms with Gasteiger partial charge in [0.2, 0.25) is 5.88 Å². The lowest BCUT2D eigenvalue weighted by molar-refractivity contribution is 0.0943. The van der Waals surface area contributed by atoms with Crippen LogP contribution in [0.5, 0.6) is 5.88 Å². The van der Waals surface area contributed by atoms with Gasteiger partial charge in [0.25, 0.3) is 5.91 Å². The number of nitrogens with zero attached hydrogens (tertiary/aromatic N) is 2. The first-order valence-electron chi connectivity index (χ1n) is 7.36. The highest BCUT2D eigenvalue weighted by molar-refractivity contribution is 5.96. The van der Waals surface area contributed by atoms with Gasteiger partial charge in [-0.15, -0.1) is 0 Å². The van der Waals surface area contributed by atoms with E-state index in [1.165, 1.54) is 12.8 Å². The van der Waals surface area contributed by atoms with Crippen molar-refractivity contribution >= 4 is 5.91 Å². The van der Waals surface area contributed by atoms with E-state index in [1.54, 1.807) is 18.3 Å². The number of carbonyl (C=O) groups is 1. The fourth-order valence-electron chi connectivity index (χ4n) is 2.26. The van der Waals surface area contributed by atoms with Crippen molar-refractivity contribution < 1.29 is 9.53 Å². The molecule has 5 nitrogen and oxygen atoms in total. The highest BCUT2D eigenvalue weighted by Gasteiger charge is 2.27. The standard InChI is InChI=1S/C15H23N3O2/c1-3-18(12-7-8-12)11-10-16-14(19)13-6-5-9-17-15(13)20-4-2/h5-6,9,12H,3-4,7-8,10-11H2,1-2H3,(H,16,19). The number of likely N-dealkylation sites (N-methyl/N-ethyl adjacent to an activating group) is 1. The second kappa shape index (κ2) is 7.24. The van der Waals surface area contributed by atoms with Crippen molar-refractivity contribution in [1.82, 2.24) is 15.2 Å². The van der Waals surface area contributed by atoms with Gasteiger partial charge < -0.3 is 10.1 Å². The Kier molecular flexibility index (Phi) is 5.35. The Morgan fingerprint density at radius 3 is 2.95 bits per heavy atom. The van der Waals surface area contributed by atoms with E-state index in [0.29, 0.717) is 24.6 Å². The molecule has 0 radical (unpaired) electrons. The van der Waals surface area contributed by atoms with Crippen molar-refractivity contribution in [3.8, 4) is 5.88 Å². The number of nitrogens with one attached hydrogen (secondary N) is 1. The number of aromatic nitrogens is 1. The molecule has 2 rings (SSSR count). The zero-order valence-electron chi connectivity index (χ0n) is 12.3. The first kappa shape index (κ1) is 14.8. The summed E-state index contributed by atoms with van der Waals surface area (Å²) in [4.78, 5) is 18.6. The van der Waals surface area contributed by atoms with Gasteiger partial charge in [-0.1, -0.05) is 6.92 Å². The van der Waals surface area contributed by atoms with Crippen LogP contribution < -0.4 is 10.1 Å². The molecule has 0 aromatic carbocycles. The quantitative estimate of drug-likeness (QED) is 0.785. The molecule has 1 amide bonds. The van der Waals surface area contributed by atoms with Crippen molar-refractivity contribution in [1.29, 1.82) is 0 Å². The number of hydrogen-bond acceptors (Lipinski definition) is 4. The molecule has 20 heavy (non-hydrogen) atoms. The fraction of sp³-hybridized carbons (Fsp3) is 0.600. The number of rotatable bonds is 8. The van der Waals surface area contributed by atoms with E-state index < -0.39 is 0 Å². The van der Waals surface area contributed by atoms with E-state index in [2.05, 4.69) is 22.1 Å². The maximum absolute atomic E-state index is 12.1. The van der Waals surface area contributed by atoms with E-state index in [4.69, 9.17) is 4.74 Å². The van der Waals surface area contributed by atoms with Crippen LogP contribution in [-0.4, -0.2) is 48.1 Å². The average molecular weight is 277 g/mol. The molecular formula is C15H23N3O2. The van der Waals surface area contributed by atoms with Crippen molar-refractivity contribution in [3.63, 3.8) is 0 Å². The summed E-state index contributed by atoms with van der Waals surface area (Å²) in [5.74, 6) is 0.287. The van der Waals surface area contributed by atoms with Crippen molar-refractivity contribution in [2.45, 2.75) is 32.7 Å². The Hall–Kier alpha value is -1.62. The molecule has 1 aliphatic rings. The molecule has 0 saturated heterocycles. The molecule has 1 N–H and O–H groups in total. The normalized spacial score (nSPS) is 14.3. The lowest BCUT2D eigenvalue weighted by Gasteiger charge is -2.19. The molecule has 5 heteroatoms. The molecule has 0 bridgehead atoms. The van der Waals surface area contributed by atoms with Crippen LogP contribution in [-0.2, 0) is 0 Å². The summed E-state index contributed by atoms with van der Waals surface area (Å²) in [6, 6.07) is 4.22. The van der Waals surface area contributed by atoms with Crippen molar-refractivity contribution in [2.75, 3.05) is 26.2 Å². The Morgan fingerprint density at radius 2 is 2.30 bits per heavy atom. The minimum Gasteiger partial charge on any atom is -0.477 e. The Balaban J connectivity index is 1.85. The minimum absolute atomic E-state index is 0.117. The van der Waals surface area contributed by atoms with Crippen LogP contribution in [0.1, 0.15) is 37.0 Å². The van der Waals surface area contributed by atoms with E-state index in [0.717, 1.165) is 19.1 Å². The summed E-state index contributed by atoms with van der Waals surface area (Å²) in [6.45, 7) is 7.14. The van der Waals surface area contributed by atoms with Gasteiger partial charge in [0, 0.05) is 25.3 Å². The second-order valence-electron chi connectivity index (χ2n) is 4.90. The van der Waals surface area contributed by atoms with Gasteiger partial charge in [0.05, 0.1) is 6.61 Å². The number of amides is 1. The van der Waals surface area contributed by atoms with Crippen LogP contribution >= 0.6 is 0 Å². The predicted octanol–water partition coefficient (Wildman–Crippen LogP) is 1.69. The monoisotopic (exact) mass is 277 g/mol. The molecule has 1 fully saturated rings. The molecule has 1 saturated carbocycles. The number of hydrogen-bond donors (Lipinski definition) is 1. The molecule has 0 spiro atoms. The van der Waals surface area contributed by atoms with Crippen molar-refractivity contribution in [3.05, 3.63) is 23.9 Å². The Morgan fingerprint density at radius 1 is 1.50 bits per heavy atom. The van der Waals surface area contributed by atoms with Crippen LogP contribution in [0.25, 0.3) is 0 Å². The highest BCUT2D eigenvalue weighted by atomic mass is 16.5. The predicted molar refractivity (Wildman–Crippen MR) is 78.0 cm³/mol. The van der Waals surface area contributed by atoms with E-state index in [9.17, 15) is 4.79 Å². The third-order valence-corrected chi connectivity index (χ3v) is 3.45. The molecule has 0 unspecified atom stereocenters. The first-order chi connectivity index (χ1) is 9.76. The van der Waals surface area contributed by atoms with Crippen LogP contribution in [0.15, 0.2) is 18.3 Å². The maximum atomic E-state index is 12.1. The third kappa shape index (κ3) is 3.93. The van der Waals surface area contributed by atoms with Gasteiger partial charge >= 0.3 is 0 Å². The number of ether oxygens (including phenoxy) is 1.